The molecule has 1 aliphatic carbocycles. The zero-order chi connectivity index (χ0) is 16.0. The maximum absolute atomic E-state index is 12.4. The van der Waals surface area contributed by atoms with Crippen molar-refractivity contribution in [2.45, 2.75) is 44.7 Å². The third-order valence-corrected chi connectivity index (χ3v) is 5.54. The van der Waals surface area contributed by atoms with Crippen LogP contribution in [0.1, 0.15) is 42.9 Å². The molecule has 0 aromatic carbocycles. The van der Waals surface area contributed by atoms with Crippen LogP contribution in [0, 0.1) is 0 Å². The molecule has 23 heavy (non-hydrogen) atoms. The highest BCUT2D eigenvalue weighted by Gasteiger charge is 2.33. The highest BCUT2D eigenvalue weighted by atomic mass is 32.1. The summed E-state index contributed by atoms with van der Waals surface area (Å²) in [5.41, 5.74) is 2.49. The van der Waals surface area contributed by atoms with E-state index in [0.29, 0.717) is 11.0 Å². The number of aromatic nitrogens is 3. The van der Waals surface area contributed by atoms with Crippen LogP contribution in [0.5, 0.6) is 0 Å². The van der Waals surface area contributed by atoms with Crippen molar-refractivity contribution in [3.63, 3.8) is 0 Å². The standard InChI is InChI=1S/C16H21N5OS/c1-10(15(22)19-16-17-6-8-23-16)21-7-5-13-12(9-21)18-14(20(13)2)11-3-4-11/h6,8,10-11H,3-5,7,9H2,1-2H3,(H,17,19,22). The summed E-state index contributed by atoms with van der Waals surface area (Å²) in [6.07, 6.45) is 5.19. The van der Waals surface area contributed by atoms with Crippen LogP contribution in [0.25, 0.3) is 0 Å². The van der Waals surface area contributed by atoms with Crippen molar-refractivity contribution in [2.75, 3.05) is 11.9 Å². The van der Waals surface area contributed by atoms with Gasteiger partial charge in [0.2, 0.25) is 5.91 Å². The molecule has 0 bridgehead atoms. The quantitative estimate of drug-likeness (QED) is 0.932. The molecule has 0 radical (unpaired) electrons. The van der Waals surface area contributed by atoms with Gasteiger partial charge in [0.05, 0.1) is 11.7 Å². The van der Waals surface area contributed by atoms with E-state index in [-0.39, 0.29) is 11.9 Å². The van der Waals surface area contributed by atoms with Crippen LogP contribution in [0.3, 0.4) is 0 Å². The van der Waals surface area contributed by atoms with Gasteiger partial charge in [0, 0.05) is 49.7 Å². The largest absolute Gasteiger partial charge is 0.335 e. The number of rotatable bonds is 4. The molecule has 6 nitrogen and oxygen atoms in total. The first kappa shape index (κ1) is 14.8. The maximum atomic E-state index is 12.4. The first-order valence-electron chi connectivity index (χ1n) is 8.12. The molecule has 3 heterocycles. The summed E-state index contributed by atoms with van der Waals surface area (Å²) in [4.78, 5) is 23.6. The van der Waals surface area contributed by atoms with Crippen LogP contribution in [0.15, 0.2) is 11.6 Å². The lowest BCUT2D eigenvalue weighted by Gasteiger charge is -2.31. The molecular weight excluding hydrogens is 310 g/mol. The number of carbonyl (C=O) groups is 1. The Bertz CT molecular complexity index is 719. The predicted molar refractivity (Wildman–Crippen MR) is 89.5 cm³/mol. The van der Waals surface area contributed by atoms with E-state index in [4.69, 9.17) is 4.98 Å². The monoisotopic (exact) mass is 331 g/mol. The number of carbonyl (C=O) groups excluding carboxylic acids is 1. The molecule has 1 unspecified atom stereocenters. The minimum Gasteiger partial charge on any atom is -0.335 e. The summed E-state index contributed by atoms with van der Waals surface area (Å²) < 4.78 is 2.28. The number of amides is 1. The average molecular weight is 331 g/mol. The van der Waals surface area contributed by atoms with Gasteiger partial charge >= 0.3 is 0 Å². The smallest absolute Gasteiger partial charge is 0.243 e. The zero-order valence-electron chi connectivity index (χ0n) is 13.5. The van der Waals surface area contributed by atoms with Gasteiger partial charge in [-0.1, -0.05) is 0 Å². The second kappa shape index (κ2) is 5.72. The Morgan fingerprint density at radius 1 is 1.48 bits per heavy atom. The molecule has 2 aromatic heterocycles. The van der Waals surface area contributed by atoms with Crippen LogP contribution < -0.4 is 5.32 Å². The van der Waals surface area contributed by atoms with Gasteiger partial charge < -0.3 is 9.88 Å². The molecule has 122 valence electrons. The summed E-state index contributed by atoms with van der Waals surface area (Å²) in [7, 11) is 2.13. The topological polar surface area (TPSA) is 63.1 Å². The summed E-state index contributed by atoms with van der Waals surface area (Å²) >= 11 is 1.44. The summed E-state index contributed by atoms with van der Waals surface area (Å²) in [6, 6.07) is -0.182. The number of hydrogen-bond donors (Lipinski definition) is 1. The van der Waals surface area contributed by atoms with Gasteiger partial charge in [0.1, 0.15) is 5.82 Å². The van der Waals surface area contributed by atoms with Crippen molar-refractivity contribution in [1.29, 1.82) is 0 Å². The van der Waals surface area contributed by atoms with E-state index in [9.17, 15) is 4.79 Å². The Morgan fingerprint density at radius 3 is 3.00 bits per heavy atom. The molecule has 1 atom stereocenters. The van der Waals surface area contributed by atoms with Crippen molar-refractivity contribution in [1.82, 2.24) is 19.4 Å². The lowest BCUT2D eigenvalue weighted by molar-refractivity contribution is -0.121. The van der Waals surface area contributed by atoms with Crippen LogP contribution >= 0.6 is 11.3 Å². The SMILES string of the molecule is CC(C(=O)Nc1nccs1)N1CCc2c(nc(C3CC3)n2C)C1. The van der Waals surface area contributed by atoms with Gasteiger partial charge in [0.25, 0.3) is 0 Å². The van der Waals surface area contributed by atoms with E-state index >= 15 is 0 Å². The van der Waals surface area contributed by atoms with Gasteiger partial charge in [0.15, 0.2) is 5.13 Å². The van der Waals surface area contributed by atoms with E-state index < -0.39 is 0 Å². The second-order valence-corrected chi connectivity index (χ2v) is 7.31. The van der Waals surface area contributed by atoms with Crippen molar-refractivity contribution < 1.29 is 4.79 Å². The first-order valence-corrected chi connectivity index (χ1v) is 9.00. The Morgan fingerprint density at radius 2 is 2.30 bits per heavy atom. The Balaban J connectivity index is 1.46. The molecule has 1 N–H and O–H groups in total. The van der Waals surface area contributed by atoms with E-state index in [2.05, 4.69) is 26.8 Å². The van der Waals surface area contributed by atoms with Crippen molar-refractivity contribution in [3.05, 3.63) is 28.8 Å². The van der Waals surface area contributed by atoms with E-state index in [0.717, 1.165) is 25.2 Å². The van der Waals surface area contributed by atoms with E-state index in [1.54, 1.807) is 6.20 Å². The van der Waals surface area contributed by atoms with Crippen LogP contribution in [-0.2, 0) is 24.8 Å². The molecule has 1 saturated carbocycles. The van der Waals surface area contributed by atoms with Crippen molar-refractivity contribution in [2.24, 2.45) is 7.05 Å². The van der Waals surface area contributed by atoms with Gasteiger partial charge in [-0.25, -0.2) is 9.97 Å². The van der Waals surface area contributed by atoms with Crippen LogP contribution in [-0.4, -0.2) is 37.9 Å². The highest BCUT2D eigenvalue weighted by molar-refractivity contribution is 7.13. The predicted octanol–water partition coefficient (Wildman–Crippen LogP) is 2.14. The third-order valence-electron chi connectivity index (χ3n) is 4.85. The lowest BCUT2D eigenvalue weighted by Crippen LogP contribution is -2.44. The molecule has 2 aliphatic rings. The van der Waals surface area contributed by atoms with E-state index in [1.807, 2.05) is 12.3 Å². The Hall–Kier alpha value is -1.73. The van der Waals surface area contributed by atoms with Gasteiger partial charge in [-0.15, -0.1) is 11.3 Å². The number of nitrogens with zero attached hydrogens (tertiary/aromatic N) is 4. The fourth-order valence-corrected chi connectivity index (χ4v) is 3.80. The normalized spacial score (nSPS) is 19.4. The molecule has 1 aliphatic heterocycles. The molecule has 4 rings (SSSR count). The number of thiazole rings is 1. The molecule has 0 saturated heterocycles. The number of hydrogen-bond acceptors (Lipinski definition) is 5. The molecule has 1 fully saturated rings. The molecular formula is C16H21N5OS. The molecule has 0 spiro atoms. The molecule has 7 heteroatoms. The van der Waals surface area contributed by atoms with Gasteiger partial charge in [-0.05, 0) is 19.8 Å². The summed E-state index contributed by atoms with van der Waals surface area (Å²) in [6.45, 7) is 3.60. The average Bonchev–Trinajstić information content (AvgIpc) is 3.17. The van der Waals surface area contributed by atoms with Crippen LogP contribution in [0.4, 0.5) is 5.13 Å². The Kier molecular flexibility index (Phi) is 3.69. The molecule has 1 amide bonds. The number of imidazole rings is 1. The summed E-state index contributed by atoms with van der Waals surface area (Å²) in [5, 5.41) is 5.41. The third kappa shape index (κ3) is 2.79. The minimum atomic E-state index is -0.182. The summed E-state index contributed by atoms with van der Waals surface area (Å²) in [5.74, 6) is 1.89. The van der Waals surface area contributed by atoms with Gasteiger partial charge in [-0.3, -0.25) is 9.69 Å². The molecule has 2 aromatic rings. The number of anilines is 1. The van der Waals surface area contributed by atoms with Gasteiger partial charge in [-0.2, -0.15) is 0 Å². The Labute approximate surface area is 139 Å². The van der Waals surface area contributed by atoms with Crippen LogP contribution in [0.2, 0.25) is 0 Å². The fourth-order valence-electron chi connectivity index (χ4n) is 3.27. The van der Waals surface area contributed by atoms with Crippen molar-refractivity contribution >= 4 is 22.4 Å². The van der Waals surface area contributed by atoms with Crippen molar-refractivity contribution in [3.8, 4) is 0 Å². The number of fused-ring (bicyclic) bond motifs is 1. The number of nitrogens with one attached hydrogen (secondary N) is 1. The van der Waals surface area contributed by atoms with E-state index in [1.165, 1.54) is 35.7 Å². The first-order chi connectivity index (χ1) is 11.1. The fraction of sp³-hybridized carbons (Fsp3) is 0.562. The minimum absolute atomic E-state index is 0.00162. The zero-order valence-corrected chi connectivity index (χ0v) is 14.3. The second-order valence-electron chi connectivity index (χ2n) is 6.42. The maximum Gasteiger partial charge on any atom is 0.243 e. The highest BCUT2D eigenvalue weighted by Crippen LogP contribution is 2.40. The lowest BCUT2D eigenvalue weighted by atomic mass is 10.1.